The number of nitrogens with one attached hydrogen (secondary N) is 1. The van der Waals surface area contributed by atoms with Crippen molar-refractivity contribution in [3.63, 3.8) is 0 Å². The molecule has 92 valence electrons. The normalized spacial score (nSPS) is 13.3. The molecule has 0 saturated carbocycles. The third kappa shape index (κ3) is 4.57. The molecular weight excluding hydrogens is 222 g/mol. The average molecular weight is 243 g/mol. The van der Waals surface area contributed by atoms with Crippen LogP contribution in [-0.2, 0) is 6.54 Å². The van der Waals surface area contributed by atoms with Crippen molar-refractivity contribution in [1.82, 2.24) is 15.2 Å². The highest BCUT2D eigenvalue weighted by Crippen LogP contribution is 2.14. The molecule has 1 unspecified atom stereocenters. The first-order valence-corrected chi connectivity index (χ1v) is 6.47. The van der Waals surface area contributed by atoms with Crippen molar-refractivity contribution in [2.75, 3.05) is 26.7 Å². The lowest BCUT2D eigenvalue weighted by Gasteiger charge is -2.20. The largest absolute Gasteiger partial charge is 0.390 e. The van der Waals surface area contributed by atoms with Gasteiger partial charge < -0.3 is 10.4 Å². The molecule has 0 amide bonds. The van der Waals surface area contributed by atoms with Crippen LogP contribution in [0.25, 0.3) is 0 Å². The Balaban J connectivity index is 2.30. The Morgan fingerprint density at radius 3 is 2.94 bits per heavy atom. The Bertz CT molecular complexity index is 303. The van der Waals surface area contributed by atoms with Crippen LogP contribution in [0.3, 0.4) is 0 Å². The highest BCUT2D eigenvalue weighted by Gasteiger charge is 2.10. The van der Waals surface area contributed by atoms with Crippen molar-refractivity contribution >= 4 is 11.3 Å². The minimum atomic E-state index is -0.307. The van der Waals surface area contributed by atoms with Gasteiger partial charge in [0.25, 0.3) is 0 Å². The molecule has 0 spiro atoms. The number of aromatic nitrogens is 1. The molecule has 0 bridgehead atoms. The second-order valence-electron chi connectivity index (χ2n) is 4.02. The summed E-state index contributed by atoms with van der Waals surface area (Å²) in [5.74, 6) is 0. The van der Waals surface area contributed by atoms with Crippen LogP contribution < -0.4 is 5.32 Å². The predicted octanol–water partition coefficient (Wildman–Crippen LogP) is 0.854. The van der Waals surface area contributed by atoms with Crippen molar-refractivity contribution < 1.29 is 5.11 Å². The van der Waals surface area contributed by atoms with Crippen LogP contribution >= 0.6 is 11.3 Å². The topological polar surface area (TPSA) is 48.4 Å². The second-order valence-corrected chi connectivity index (χ2v) is 4.96. The average Bonchev–Trinajstić information content (AvgIpc) is 2.61. The molecule has 0 aliphatic carbocycles. The van der Waals surface area contributed by atoms with Gasteiger partial charge in [0, 0.05) is 24.5 Å². The lowest BCUT2D eigenvalue weighted by Crippen LogP contribution is -2.36. The first-order chi connectivity index (χ1) is 7.63. The monoisotopic (exact) mass is 243 g/mol. The van der Waals surface area contributed by atoms with Gasteiger partial charge in [0.15, 0.2) is 0 Å². The predicted molar refractivity (Wildman–Crippen MR) is 67.7 cm³/mol. The first-order valence-electron chi connectivity index (χ1n) is 5.59. The standard InChI is InChI=1S/C11H21N3OS/c1-4-12-5-10(15)6-14(3)7-11-9(2)13-8-16-11/h8,10,12,15H,4-7H2,1-3H3. The Kier molecular flexibility index (Phi) is 5.90. The van der Waals surface area contributed by atoms with Gasteiger partial charge in [-0.2, -0.15) is 0 Å². The van der Waals surface area contributed by atoms with Gasteiger partial charge in [-0.05, 0) is 20.5 Å². The van der Waals surface area contributed by atoms with E-state index < -0.39 is 0 Å². The molecule has 1 heterocycles. The SMILES string of the molecule is CCNCC(O)CN(C)Cc1scnc1C. The van der Waals surface area contributed by atoms with Gasteiger partial charge in [0.05, 0.1) is 17.3 Å². The summed E-state index contributed by atoms with van der Waals surface area (Å²) in [6.07, 6.45) is -0.307. The molecule has 0 aliphatic rings. The van der Waals surface area contributed by atoms with E-state index in [0.717, 1.165) is 18.8 Å². The van der Waals surface area contributed by atoms with Crippen LogP contribution in [0.5, 0.6) is 0 Å². The van der Waals surface area contributed by atoms with E-state index in [1.165, 1.54) is 4.88 Å². The molecule has 0 fully saturated rings. The van der Waals surface area contributed by atoms with E-state index in [9.17, 15) is 5.11 Å². The van der Waals surface area contributed by atoms with Gasteiger partial charge >= 0.3 is 0 Å². The van der Waals surface area contributed by atoms with Gasteiger partial charge in [-0.3, -0.25) is 4.90 Å². The molecular formula is C11H21N3OS. The second kappa shape index (κ2) is 6.96. The number of thiazole rings is 1. The maximum atomic E-state index is 9.73. The first kappa shape index (κ1) is 13.6. The van der Waals surface area contributed by atoms with E-state index in [4.69, 9.17) is 0 Å². The maximum absolute atomic E-state index is 9.73. The fourth-order valence-corrected chi connectivity index (χ4v) is 2.38. The lowest BCUT2D eigenvalue weighted by atomic mass is 10.3. The zero-order valence-corrected chi connectivity index (χ0v) is 11.0. The van der Waals surface area contributed by atoms with Crippen LogP contribution in [0.15, 0.2) is 5.51 Å². The zero-order valence-electron chi connectivity index (χ0n) is 10.2. The summed E-state index contributed by atoms with van der Waals surface area (Å²) >= 11 is 1.67. The smallest absolute Gasteiger partial charge is 0.0798 e. The van der Waals surface area contributed by atoms with Crippen LogP contribution in [0.1, 0.15) is 17.5 Å². The molecule has 1 rings (SSSR count). The highest BCUT2D eigenvalue weighted by atomic mass is 32.1. The van der Waals surface area contributed by atoms with Crippen molar-refractivity contribution in [1.29, 1.82) is 0 Å². The molecule has 0 radical (unpaired) electrons. The molecule has 5 heteroatoms. The van der Waals surface area contributed by atoms with E-state index in [-0.39, 0.29) is 6.10 Å². The summed E-state index contributed by atoms with van der Waals surface area (Å²) < 4.78 is 0. The number of likely N-dealkylation sites (N-methyl/N-ethyl adjacent to an activating group) is 2. The molecule has 0 saturated heterocycles. The number of rotatable bonds is 7. The Labute approximate surface area is 101 Å². The van der Waals surface area contributed by atoms with Crippen LogP contribution in [0, 0.1) is 6.92 Å². The molecule has 1 atom stereocenters. The summed E-state index contributed by atoms with van der Waals surface area (Å²) in [5, 5.41) is 12.9. The summed E-state index contributed by atoms with van der Waals surface area (Å²) in [6.45, 7) is 7.16. The highest BCUT2D eigenvalue weighted by molar-refractivity contribution is 7.09. The third-order valence-electron chi connectivity index (χ3n) is 2.41. The van der Waals surface area contributed by atoms with Crippen molar-refractivity contribution in [3.8, 4) is 0 Å². The molecule has 4 nitrogen and oxygen atoms in total. The Morgan fingerprint density at radius 1 is 1.62 bits per heavy atom. The van der Waals surface area contributed by atoms with Gasteiger partial charge in [-0.15, -0.1) is 11.3 Å². The third-order valence-corrected chi connectivity index (χ3v) is 3.33. The molecule has 0 aliphatic heterocycles. The van der Waals surface area contributed by atoms with E-state index >= 15 is 0 Å². The number of aliphatic hydroxyl groups excluding tert-OH is 1. The van der Waals surface area contributed by atoms with Gasteiger partial charge in [-0.1, -0.05) is 6.92 Å². The summed E-state index contributed by atoms with van der Waals surface area (Å²) in [5.41, 5.74) is 2.96. The van der Waals surface area contributed by atoms with E-state index in [1.807, 2.05) is 26.4 Å². The molecule has 1 aromatic rings. The summed E-state index contributed by atoms with van der Waals surface area (Å²) in [7, 11) is 2.02. The maximum Gasteiger partial charge on any atom is 0.0798 e. The number of nitrogens with zero attached hydrogens (tertiary/aromatic N) is 2. The van der Waals surface area contributed by atoms with E-state index in [2.05, 4.69) is 15.2 Å². The van der Waals surface area contributed by atoms with Crippen molar-refractivity contribution in [2.24, 2.45) is 0 Å². The molecule has 0 aromatic carbocycles. The Hall–Kier alpha value is -0.490. The number of hydrogen-bond donors (Lipinski definition) is 2. The number of aryl methyl sites for hydroxylation is 1. The fraction of sp³-hybridized carbons (Fsp3) is 0.727. The lowest BCUT2D eigenvalue weighted by molar-refractivity contribution is 0.122. The zero-order chi connectivity index (χ0) is 12.0. The van der Waals surface area contributed by atoms with E-state index in [1.54, 1.807) is 11.3 Å². The van der Waals surface area contributed by atoms with Gasteiger partial charge in [-0.25, -0.2) is 4.98 Å². The summed E-state index contributed by atoms with van der Waals surface area (Å²) in [4.78, 5) is 7.62. The minimum absolute atomic E-state index is 0.307. The van der Waals surface area contributed by atoms with Crippen LogP contribution in [0.4, 0.5) is 0 Å². The molecule has 2 N–H and O–H groups in total. The van der Waals surface area contributed by atoms with Gasteiger partial charge in [0.1, 0.15) is 0 Å². The van der Waals surface area contributed by atoms with Crippen LogP contribution in [0.2, 0.25) is 0 Å². The van der Waals surface area contributed by atoms with Crippen molar-refractivity contribution in [2.45, 2.75) is 26.5 Å². The number of hydrogen-bond acceptors (Lipinski definition) is 5. The fourth-order valence-electron chi connectivity index (χ4n) is 1.52. The Morgan fingerprint density at radius 2 is 2.38 bits per heavy atom. The minimum Gasteiger partial charge on any atom is -0.390 e. The molecule has 1 aromatic heterocycles. The van der Waals surface area contributed by atoms with Crippen LogP contribution in [-0.4, -0.2) is 47.8 Å². The van der Waals surface area contributed by atoms with Crippen molar-refractivity contribution in [3.05, 3.63) is 16.1 Å². The summed E-state index contributed by atoms with van der Waals surface area (Å²) in [6, 6.07) is 0. The van der Waals surface area contributed by atoms with E-state index in [0.29, 0.717) is 13.1 Å². The van der Waals surface area contributed by atoms with Gasteiger partial charge in [0.2, 0.25) is 0 Å². The number of aliphatic hydroxyl groups is 1. The quantitative estimate of drug-likeness (QED) is 0.745. The molecule has 16 heavy (non-hydrogen) atoms.